The number of urea groups is 1. The summed E-state index contributed by atoms with van der Waals surface area (Å²) >= 11 is 1.24. The lowest BCUT2D eigenvalue weighted by Crippen LogP contribution is -2.45. The van der Waals surface area contributed by atoms with Gasteiger partial charge in [-0.2, -0.15) is 0 Å². The number of benzene rings is 1. The van der Waals surface area contributed by atoms with Crippen molar-refractivity contribution in [3.63, 3.8) is 0 Å². The summed E-state index contributed by atoms with van der Waals surface area (Å²) in [5.74, 6) is -0.463. The lowest BCUT2D eigenvalue weighted by atomic mass is 9.83. The van der Waals surface area contributed by atoms with Gasteiger partial charge in [0.25, 0.3) is 5.91 Å². The molecule has 0 bridgehead atoms. The summed E-state index contributed by atoms with van der Waals surface area (Å²) in [6, 6.07) is 8.48. The van der Waals surface area contributed by atoms with E-state index in [1.54, 1.807) is 6.07 Å². The van der Waals surface area contributed by atoms with Crippen LogP contribution in [-0.4, -0.2) is 30.1 Å². The fraction of sp³-hybridized carbons (Fsp3) is 0.500. The van der Waals surface area contributed by atoms with Gasteiger partial charge >= 0.3 is 12.0 Å². The smallest absolute Gasteiger partial charge is 0.323 e. The van der Waals surface area contributed by atoms with Gasteiger partial charge in [0, 0.05) is 11.4 Å². The van der Waals surface area contributed by atoms with E-state index >= 15 is 0 Å². The van der Waals surface area contributed by atoms with E-state index in [0.29, 0.717) is 17.5 Å². The number of hydrogen-bond donors (Lipinski definition) is 4. The molecular weight excluding hydrogens is 464 g/mol. The molecule has 1 heterocycles. The molecule has 1 aromatic heterocycles. The Bertz CT molecular complexity index is 1060. The van der Waals surface area contributed by atoms with Gasteiger partial charge in [-0.05, 0) is 67.7 Å². The van der Waals surface area contributed by atoms with Crippen LogP contribution < -0.4 is 22.1 Å². The van der Waals surface area contributed by atoms with Crippen LogP contribution in [0.25, 0.3) is 10.4 Å². The largest absolute Gasteiger partial charge is 0.461 e. The third-order valence-corrected chi connectivity index (χ3v) is 8.03. The fourth-order valence-electron chi connectivity index (χ4n) is 5.14. The second-order valence-corrected chi connectivity index (χ2v) is 10.6. The molecular formula is C26H34N4O4S. The minimum absolute atomic E-state index is 0.0557. The van der Waals surface area contributed by atoms with E-state index in [1.807, 2.05) is 24.3 Å². The first kappa shape index (κ1) is 25.2. The lowest BCUT2D eigenvalue weighted by molar-refractivity contribution is -0.153. The van der Waals surface area contributed by atoms with Crippen LogP contribution in [0.5, 0.6) is 0 Å². The summed E-state index contributed by atoms with van der Waals surface area (Å²) in [6.07, 6.45) is 9.85. The van der Waals surface area contributed by atoms with Crippen molar-refractivity contribution in [3.8, 4) is 10.4 Å². The molecule has 35 heavy (non-hydrogen) atoms. The molecule has 0 radical (unpaired) electrons. The maximum Gasteiger partial charge on any atom is 0.323 e. The number of rotatable bonds is 9. The summed E-state index contributed by atoms with van der Waals surface area (Å²) < 4.78 is 5.89. The number of nitrogens with two attached hydrogens (primary N) is 2. The van der Waals surface area contributed by atoms with Crippen molar-refractivity contribution in [1.29, 1.82) is 0 Å². The monoisotopic (exact) mass is 498 g/mol. The average molecular weight is 499 g/mol. The molecule has 1 atom stereocenters. The summed E-state index contributed by atoms with van der Waals surface area (Å²) in [5, 5.41) is 6.30. The first-order chi connectivity index (χ1) is 16.9. The minimum Gasteiger partial charge on any atom is -0.461 e. The lowest BCUT2D eigenvalue weighted by Gasteiger charge is -2.30. The Labute approximate surface area is 209 Å². The quantitative estimate of drug-likeness (QED) is 0.377. The zero-order valence-electron chi connectivity index (χ0n) is 19.9. The third kappa shape index (κ3) is 6.61. The molecule has 0 saturated heterocycles. The number of carbonyl (C=O) groups is 3. The SMILES string of the molecule is NC(=O)Nc1sc(-c2cccc(CN[C@H](C(=O)OC3CCCC3)C3CCCCC3)c2)cc1C(N)=O. The van der Waals surface area contributed by atoms with Crippen molar-refractivity contribution < 1.29 is 19.1 Å². The molecule has 6 N–H and O–H groups in total. The van der Waals surface area contributed by atoms with Gasteiger partial charge in [-0.3, -0.25) is 14.9 Å². The van der Waals surface area contributed by atoms with Crippen molar-refractivity contribution in [2.45, 2.75) is 76.5 Å². The van der Waals surface area contributed by atoms with Crippen LogP contribution >= 0.6 is 11.3 Å². The standard InChI is InChI=1S/C26H34N4O4S/c27-23(31)20-14-21(35-24(20)30-26(28)33)18-10-6-7-16(13-18)15-29-22(17-8-2-1-3-9-17)25(32)34-19-11-4-5-12-19/h6-7,10,13-14,17,19,22,29H,1-5,8-9,11-12,15H2,(H2,27,31)(H3,28,30,33)/t22-/m0/s1. The Morgan fingerprint density at radius 1 is 1.00 bits per heavy atom. The molecule has 0 spiro atoms. The van der Waals surface area contributed by atoms with Crippen LogP contribution in [0.4, 0.5) is 9.80 Å². The summed E-state index contributed by atoms with van der Waals surface area (Å²) in [6.45, 7) is 0.523. The molecule has 2 aliphatic carbocycles. The van der Waals surface area contributed by atoms with Gasteiger partial charge < -0.3 is 21.5 Å². The zero-order valence-corrected chi connectivity index (χ0v) is 20.7. The summed E-state index contributed by atoms with van der Waals surface area (Å²) in [7, 11) is 0. The number of ether oxygens (including phenoxy) is 1. The van der Waals surface area contributed by atoms with Crippen LogP contribution in [-0.2, 0) is 16.1 Å². The molecule has 0 aliphatic heterocycles. The fourth-order valence-corrected chi connectivity index (χ4v) is 6.20. The van der Waals surface area contributed by atoms with Crippen LogP contribution in [0, 0.1) is 5.92 Å². The van der Waals surface area contributed by atoms with Gasteiger partial charge in [0.05, 0.1) is 5.56 Å². The highest BCUT2D eigenvalue weighted by Gasteiger charge is 2.32. The molecule has 4 rings (SSSR count). The molecule has 2 aromatic rings. The van der Waals surface area contributed by atoms with E-state index in [2.05, 4.69) is 10.6 Å². The topological polar surface area (TPSA) is 137 Å². The third-order valence-electron chi connectivity index (χ3n) is 6.93. The van der Waals surface area contributed by atoms with Crippen molar-refractivity contribution in [2.24, 2.45) is 17.4 Å². The van der Waals surface area contributed by atoms with E-state index in [9.17, 15) is 14.4 Å². The number of nitrogens with one attached hydrogen (secondary N) is 2. The van der Waals surface area contributed by atoms with Crippen LogP contribution in [0.1, 0.15) is 73.7 Å². The van der Waals surface area contributed by atoms with Crippen LogP contribution in [0.2, 0.25) is 0 Å². The Morgan fingerprint density at radius 3 is 2.40 bits per heavy atom. The van der Waals surface area contributed by atoms with Crippen LogP contribution in [0.3, 0.4) is 0 Å². The predicted molar refractivity (Wildman–Crippen MR) is 137 cm³/mol. The highest BCUT2D eigenvalue weighted by molar-refractivity contribution is 7.20. The summed E-state index contributed by atoms with van der Waals surface area (Å²) in [5.41, 5.74) is 12.8. The van der Waals surface area contributed by atoms with Gasteiger partial charge in [0.1, 0.15) is 17.1 Å². The van der Waals surface area contributed by atoms with Crippen LogP contribution in [0.15, 0.2) is 30.3 Å². The average Bonchev–Trinajstić information content (AvgIpc) is 3.50. The van der Waals surface area contributed by atoms with Gasteiger partial charge in [-0.15, -0.1) is 11.3 Å². The van der Waals surface area contributed by atoms with E-state index in [1.165, 1.54) is 17.8 Å². The van der Waals surface area contributed by atoms with Crippen molar-refractivity contribution in [3.05, 3.63) is 41.5 Å². The van der Waals surface area contributed by atoms with E-state index in [4.69, 9.17) is 16.2 Å². The molecule has 0 unspecified atom stereocenters. The first-order valence-corrected chi connectivity index (χ1v) is 13.3. The maximum atomic E-state index is 13.1. The Morgan fingerprint density at radius 2 is 1.71 bits per heavy atom. The minimum atomic E-state index is -0.753. The molecule has 2 saturated carbocycles. The highest BCUT2D eigenvalue weighted by atomic mass is 32.1. The second-order valence-electron chi connectivity index (χ2n) is 9.51. The van der Waals surface area contributed by atoms with Gasteiger partial charge in [0.15, 0.2) is 0 Å². The number of anilines is 1. The van der Waals surface area contributed by atoms with E-state index in [0.717, 1.165) is 67.4 Å². The van der Waals surface area contributed by atoms with Crippen molar-refractivity contribution >= 4 is 34.2 Å². The van der Waals surface area contributed by atoms with Gasteiger partial charge in [-0.25, -0.2) is 4.79 Å². The molecule has 8 nitrogen and oxygen atoms in total. The number of carbonyl (C=O) groups excluding carboxylic acids is 3. The highest BCUT2D eigenvalue weighted by Crippen LogP contribution is 2.36. The molecule has 2 aliphatic rings. The molecule has 3 amide bonds. The number of hydrogen-bond acceptors (Lipinski definition) is 6. The normalized spacial score (nSPS) is 17.7. The predicted octanol–water partition coefficient (Wildman–Crippen LogP) is 4.53. The van der Waals surface area contributed by atoms with E-state index < -0.39 is 11.9 Å². The Kier molecular flexibility index (Phi) is 8.41. The number of thiophene rings is 1. The number of amides is 3. The van der Waals surface area contributed by atoms with E-state index in [-0.39, 0.29) is 23.7 Å². The number of esters is 1. The van der Waals surface area contributed by atoms with Gasteiger partial charge in [0.2, 0.25) is 0 Å². The molecule has 9 heteroatoms. The van der Waals surface area contributed by atoms with Gasteiger partial charge in [-0.1, -0.05) is 37.5 Å². The second kappa shape index (κ2) is 11.7. The summed E-state index contributed by atoms with van der Waals surface area (Å²) in [4.78, 5) is 37.0. The molecule has 188 valence electrons. The van der Waals surface area contributed by atoms with Crippen molar-refractivity contribution in [1.82, 2.24) is 5.32 Å². The Hall–Kier alpha value is -2.91. The molecule has 1 aromatic carbocycles. The van der Waals surface area contributed by atoms with Crippen molar-refractivity contribution in [2.75, 3.05) is 5.32 Å². The maximum absolute atomic E-state index is 13.1. The first-order valence-electron chi connectivity index (χ1n) is 12.4. The Balaban J connectivity index is 1.48. The molecule has 2 fully saturated rings. The number of primary amides is 2. The zero-order chi connectivity index (χ0) is 24.8.